The van der Waals surface area contributed by atoms with Crippen molar-refractivity contribution in [1.29, 1.82) is 0 Å². The predicted molar refractivity (Wildman–Crippen MR) is 78.2 cm³/mol. The maximum Gasteiger partial charge on any atom is 0.305 e. The van der Waals surface area contributed by atoms with Crippen molar-refractivity contribution in [1.82, 2.24) is 0 Å². The minimum atomic E-state index is -0.984. The number of hydrogen-bond donors (Lipinski definition) is 4. The van der Waals surface area contributed by atoms with Crippen molar-refractivity contribution in [2.24, 2.45) is 0 Å². The van der Waals surface area contributed by atoms with Gasteiger partial charge in [0.15, 0.2) is 0 Å². The maximum absolute atomic E-state index is 10.9. The minimum Gasteiger partial charge on any atom is -0.507 e. The Balaban J connectivity index is 2.23. The molecule has 0 bridgehead atoms. The van der Waals surface area contributed by atoms with E-state index in [1.165, 1.54) is 6.07 Å². The highest BCUT2D eigenvalue weighted by Gasteiger charge is 2.33. The monoisotopic (exact) mass is 304 g/mol. The summed E-state index contributed by atoms with van der Waals surface area (Å²) < 4.78 is 5.61. The Morgan fingerprint density at radius 1 is 1.27 bits per heavy atom. The quantitative estimate of drug-likeness (QED) is 0.635. The van der Waals surface area contributed by atoms with Gasteiger partial charge < -0.3 is 25.2 Å². The number of rotatable bonds is 2. The lowest BCUT2D eigenvalue weighted by Gasteiger charge is -2.31. The molecule has 2 unspecified atom stereocenters. The topological polar surface area (TPSA) is 107 Å². The van der Waals surface area contributed by atoms with Crippen LogP contribution >= 0.6 is 0 Å². The zero-order valence-electron chi connectivity index (χ0n) is 11.9. The number of benzene rings is 2. The van der Waals surface area contributed by atoms with E-state index in [9.17, 15) is 20.1 Å². The third kappa shape index (κ3) is 2.12. The molecule has 4 N–H and O–H groups in total. The van der Waals surface area contributed by atoms with Crippen molar-refractivity contribution in [3.8, 4) is 17.2 Å². The molecule has 0 aliphatic carbocycles. The first-order valence-corrected chi connectivity index (χ1v) is 6.95. The molecule has 0 radical (unpaired) electrons. The summed E-state index contributed by atoms with van der Waals surface area (Å²) in [6, 6.07) is 4.59. The molecule has 3 rings (SSSR count). The van der Waals surface area contributed by atoms with Crippen molar-refractivity contribution in [3.05, 3.63) is 29.3 Å². The van der Waals surface area contributed by atoms with Crippen molar-refractivity contribution in [2.75, 3.05) is 0 Å². The van der Waals surface area contributed by atoms with Gasteiger partial charge in [0, 0.05) is 22.9 Å². The summed E-state index contributed by atoms with van der Waals surface area (Å²) in [7, 11) is 0. The van der Waals surface area contributed by atoms with Crippen LogP contribution in [0.4, 0.5) is 0 Å². The predicted octanol–water partition coefficient (Wildman–Crippen LogP) is 2.43. The molecule has 1 aliphatic rings. The summed E-state index contributed by atoms with van der Waals surface area (Å²) in [6.07, 6.45) is -1.14. The Kier molecular flexibility index (Phi) is 3.33. The third-order valence-electron chi connectivity index (χ3n) is 4.04. The highest BCUT2D eigenvalue weighted by molar-refractivity contribution is 5.99. The number of aromatic hydroxyl groups is 3. The SMILES string of the molecule is CC1OC(CC(=O)O)Cc2c1c(O)c1c(O)cccc1c2O. The van der Waals surface area contributed by atoms with Crippen LogP contribution in [0.15, 0.2) is 18.2 Å². The summed E-state index contributed by atoms with van der Waals surface area (Å²) >= 11 is 0. The van der Waals surface area contributed by atoms with E-state index >= 15 is 0 Å². The average Bonchev–Trinajstić information content (AvgIpc) is 2.43. The van der Waals surface area contributed by atoms with Gasteiger partial charge in [-0.25, -0.2) is 0 Å². The average molecular weight is 304 g/mol. The van der Waals surface area contributed by atoms with E-state index in [1.54, 1.807) is 19.1 Å². The fourth-order valence-corrected chi connectivity index (χ4v) is 3.15. The highest BCUT2D eigenvalue weighted by Crippen LogP contribution is 2.49. The van der Waals surface area contributed by atoms with Crippen LogP contribution < -0.4 is 0 Å². The van der Waals surface area contributed by atoms with Crippen molar-refractivity contribution in [3.63, 3.8) is 0 Å². The Labute approximate surface area is 126 Å². The van der Waals surface area contributed by atoms with Crippen LogP contribution in [-0.4, -0.2) is 32.5 Å². The Bertz CT molecular complexity index is 767. The standard InChI is InChI=1S/C16H16O6/c1-7-13-10(5-8(22-7)6-12(18)19)15(20)9-3-2-4-11(17)14(9)16(13)21/h2-4,7-8,17,20-21H,5-6H2,1H3,(H,18,19). The van der Waals surface area contributed by atoms with E-state index in [0.717, 1.165) is 0 Å². The van der Waals surface area contributed by atoms with E-state index in [4.69, 9.17) is 9.84 Å². The Hall–Kier alpha value is -2.47. The van der Waals surface area contributed by atoms with Crippen LogP contribution in [0.1, 0.15) is 30.6 Å². The van der Waals surface area contributed by atoms with Gasteiger partial charge >= 0.3 is 5.97 Å². The maximum atomic E-state index is 10.9. The number of carboxylic acids is 1. The fraction of sp³-hybridized carbons (Fsp3) is 0.312. The number of fused-ring (bicyclic) bond motifs is 2. The number of aliphatic carboxylic acids is 1. The minimum absolute atomic E-state index is 0.0516. The van der Waals surface area contributed by atoms with Crippen molar-refractivity contribution < 1.29 is 30.0 Å². The van der Waals surface area contributed by atoms with Gasteiger partial charge in [0.25, 0.3) is 0 Å². The van der Waals surface area contributed by atoms with Crippen LogP contribution in [0.2, 0.25) is 0 Å². The molecule has 2 atom stereocenters. The molecule has 6 nitrogen and oxygen atoms in total. The van der Waals surface area contributed by atoms with Crippen LogP contribution in [0.3, 0.4) is 0 Å². The summed E-state index contributed by atoms with van der Waals surface area (Å²) in [5.74, 6) is -1.30. The normalized spacial score (nSPS) is 20.8. The zero-order valence-corrected chi connectivity index (χ0v) is 11.9. The Morgan fingerprint density at radius 3 is 2.68 bits per heavy atom. The molecule has 0 fully saturated rings. The van der Waals surface area contributed by atoms with Crippen molar-refractivity contribution in [2.45, 2.75) is 32.0 Å². The molecule has 6 heteroatoms. The van der Waals surface area contributed by atoms with Crippen LogP contribution in [0, 0.1) is 0 Å². The molecular weight excluding hydrogens is 288 g/mol. The molecule has 1 aliphatic heterocycles. The molecule has 0 amide bonds. The van der Waals surface area contributed by atoms with E-state index in [1.807, 2.05) is 0 Å². The molecule has 22 heavy (non-hydrogen) atoms. The smallest absolute Gasteiger partial charge is 0.305 e. The van der Waals surface area contributed by atoms with E-state index in [2.05, 4.69) is 0 Å². The lowest BCUT2D eigenvalue weighted by Crippen LogP contribution is -2.27. The second kappa shape index (κ2) is 5.06. The first-order chi connectivity index (χ1) is 10.4. The lowest BCUT2D eigenvalue weighted by atomic mass is 9.88. The molecule has 116 valence electrons. The molecule has 0 aromatic heterocycles. The van der Waals surface area contributed by atoms with E-state index in [-0.39, 0.29) is 35.5 Å². The van der Waals surface area contributed by atoms with Gasteiger partial charge in [0.2, 0.25) is 0 Å². The van der Waals surface area contributed by atoms with Gasteiger partial charge in [0.1, 0.15) is 17.2 Å². The summed E-state index contributed by atoms with van der Waals surface area (Å²) in [5, 5.41) is 40.3. The largest absolute Gasteiger partial charge is 0.507 e. The summed E-state index contributed by atoms with van der Waals surface area (Å²) in [4.78, 5) is 10.9. The van der Waals surface area contributed by atoms with Gasteiger partial charge in [-0.3, -0.25) is 4.79 Å². The van der Waals surface area contributed by atoms with Crippen LogP contribution in [0.25, 0.3) is 10.8 Å². The number of ether oxygens (including phenoxy) is 1. The first-order valence-electron chi connectivity index (χ1n) is 6.95. The number of phenolic OH excluding ortho intramolecular Hbond substituents is 3. The first kappa shape index (κ1) is 14.5. The number of phenols is 3. The molecule has 1 heterocycles. The fourth-order valence-electron chi connectivity index (χ4n) is 3.15. The van der Waals surface area contributed by atoms with Crippen molar-refractivity contribution >= 4 is 16.7 Å². The van der Waals surface area contributed by atoms with E-state index in [0.29, 0.717) is 16.5 Å². The van der Waals surface area contributed by atoms with Gasteiger partial charge in [-0.05, 0) is 13.0 Å². The second-order valence-corrected chi connectivity index (χ2v) is 5.49. The molecule has 0 saturated heterocycles. The number of hydrogen-bond acceptors (Lipinski definition) is 5. The Morgan fingerprint density at radius 2 is 2.00 bits per heavy atom. The molecule has 0 spiro atoms. The van der Waals surface area contributed by atoms with Crippen LogP contribution in [0.5, 0.6) is 17.2 Å². The van der Waals surface area contributed by atoms with Gasteiger partial charge in [0.05, 0.1) is 24.0 Å². The molecule has 2 aromatic rings. The number of carboxylic acid groups (broad SMARTS) is 1. The highest BCUT2D eigenvalue weighted by atomic mass is 16.5. The van der Waals surface area contributed by atoms with E-state index < -0.39 is 18.2 Å². The van der Waals surface area contributed by atoms with Gasteiger partial charge in [-0.2, -0.15) is 0 Å². The lowest BCUT2D eigenvalue weighted by molar-refractivity contribution is -0.141. The summed E-state index contributed by atoms with van der Waals surface area (Å²) in [6.45, 7) is 1.68. The van der Waals surface area contributed by atoms with Gasteiger partial charge in [-0.1, -0.05) is 12.1 Å². The molecule has 0 saturated carbocycles. The van der Waals surface area contributed by atoms with Crippen LogP contribution in [-0.2, 0) is 16.0 Å². The molecule has 2 aromatic carbocycles. The second-order valence-electron chi connectivity index (χ2n) is 5.49. The third-order valence-corrected chi connectivity index (χ3v) is 4.04. The summed E-state index contributed by atoms with van der Waals surface area (Å²) in [5.41, 5.74) is 0.869. The number of carbonyl (C=O) groups is 1. The molecular formula is C16H16O6. The van der Waals surface area contributed by atoms with Gasteiger partial charge in [-0.15, -0.1) is 0 Å². The zero-order chi connectivity index (χ0) is 16.0.